The van der Waals surface area contributed by atoms with Crippen molar-refractivity contribution in [2.45, 2.75) is 0 Å². The van der Waals surface area contributed by atoms with Gasteiger partial charge < -0.3 is 9.88 Å². The molecule has 4 nitrogen and oxygen atoms in total. The van der Waals surface area contributed by atoms with Crippen LogP contribution in [0.15, 0.2) is 48.5 Å². The Morgan fingerprint density at radius 3 is 2.55 bits per heavy atom. The summed E-state index contributed by atoms with van der Waals surface area (Å²) in [5.74, 6) is -0.245. The average Bonchev–Trinajstić information content (AvgIpc) is 2.79. The van der Waals surface area contributed by atoms with Gasteiger partial charge in [0.1, 0.15) is 0 Å². The molecule has 108 valence electrons. The number of amides is 1. The van der Waals surface area contributed by atoms with Crippen LogP contribution in [-0.4, -0.2) is 22.8 Å². The minimum absolute atomic E-state index is 0.0342. The summed E-state index contributed by atoms with van der Waals surface area (Å²) in [6.45, 7) is 0.0342. The van der Waals surface area contributed by atoms with Gasteiger partial charge in [0.2, 0.25) is 0 Å². The van der Waals surface area contributed by atoms with Crippen LogP contribution in [0.5, 0.6) is 0 Å². The summed E-state index contributed by atoms with van der Waals surface area (Å²) in [6, 6.07) is 15.4. The van der Waals surface area contributed by atoms with Gasteiger partial charge in [-0.2, -0.15) is 0 Å². The highest BCUT2D eigenvalue weighted by Gasteiger charge is 2.28. The molecule has 0 unspecified atom stereocenters. The smallest absolute Gasteiger partial charge is 0.252 e. The Labute approximate surface area is 127 Å². The van der Waals surface area contributed by atoms with Crippen LogP contribution in [0, 0.1) is 0 Å². The van der Waals surface area contributed by atoms with E-state index < -0.39 is 0 Å². The Hall–Kier alpha value is -2.88. The number of aryl methyl sites for hydroxylation is 1. The maximum atomic E-state index is 12.6. The Morgan fingerprint density at radius 1 is 1.00 bits per heavy atom. The number of rotatable bonds is 1. The van der Waals surface area contributed by atoms with Gasteiger partial charge in [-0.25, -0.2) is 0 Å². The minimum Gasteiger partial charge on any atom is -0.345 e. The summed E-state index contributed by atoms with van der Waals surface area (Å²) >= 11 is 0. The monoisotopic (exact) mass is 290 g/mol. The van der Waals surface area contributed by atoms with Crippen LogP contribution in [0.2, 0.25) is 0 Å². The molecule has 2 heterocycles. The van der Waals surface area contributed by atoms with Crippen LogP contribution >= 0.6 is 0 Å². The van der Waals surface area contributed by atoms with Crippen LogP contribution in [0.4, 0.5) is 0 Å². The Kier molecular flexibility index (Phi) is 2.66. The van der Waals surface area contributed by atoms with Gasteiger partial charge in [0, 0.05) is 23.5 Å². The van der Waals surface area contributed by atoms with E-state index in [-0.39, 0.29) is 18.2 Å². The maximum absolute atomic E-state index is 12.6. The summed E-state index contributed by atoms with van der Waals surface area (Å²) in [4.78, 5) is 24.8. The zero-order valence-electron chi connectivity index (χ0n) is 12.1. The first kappa shape index (κ1) is 12.8. The van der Waals surface area contributed by atoms with Crippen molar-refractivity contribution in [1.29, 1.82) is 0 Å². The number of nitrogens with one attached hydrogen (secondary N) is 1. The second-order valence-electron chi connectivity index (χ2n) is 5.45. The predicted octanol–water partition coefficient (Wildman–Crippen LogP) is 2.77. The third-order valence-corrected chi connectivity index (χ3v) is 4.21. The van der Waals surface area contributed by atoms with Crippen molar-refractivity contribution in [3.05, 3.63) is 59.7 Å². The lowest BCUT2D eigenvalue weighted by molar-refractivity contribution is 0.0911. The van der Waals surface area contributed by atoms with Gasteiger partial charge in [0.25, 0.3) is 5.91 Å². The summed E-state index contributed by atoms with van der Waals surface area (Å²) in [7, 11) is 1.94. The summed E-state index contributed by atoms with van der Waals surface area (Å²) < 4.78 is 2.00. The fourth-order valence-corrected chi connectivity index (χ4v) is 3.23. The molecule has 2 aromatic carbocycles. The van der Waals surface area contributed by atoms with Crippen LogP contribution in [-0.2, 0) is 7.05 Å². The number of carbonyl (C=O) groups is 2. The second-order valence-corrected chi connectivity index (χ2v) is 5.45. The number of carbonyl (C=O) groups excluding carboxylic acids is 2. The third-order valence-electron chi connectivity index (χ3n) is 4.21. The van der Waals surface area contributed by atoms with Gasteiger partial charge >= 0.3 is 0 Å². The predicted molar refractivity (Wildman–Crippen MR) is 85.0 cm³/mol. The van der Waals surface area contributed by atoms with Gasteiger partial charge in [-0.1, -0.05) is 36.4 Å². The summed E-state index contributed by atoms with van der Waals surface area (Å²) in [5, 5.41) is 3.44. The molecule has 0 fully saturated rings. The molecule has 1 aliphatic rings. The molecule has 4 rings (SSSR count). The first-order valence-corrected chi connectivity index (χ1v) is 7.16. The molecule has 1 amide bonds. The lowest BCUT2D eigenvalue weighted by Gasteiger charge is -2.08. The van der Waals surface area contributed by atoms with E-state index in [1.807, 2.05) is 54.1 Å². The third kappa shape index (κ3) is 1.64. The molecule has 22 heavy (non-hydrogen) atoms. The lowest BCUT2D eigenvalue weighted by Crippen LogP contribution is -2.27. The Balaban J connectivity index is 2.19. The number of ketones is 1. The normalized spacial score (nSPS) is 14.0. The molecule has 0 bridgehead atoms. The molecule has 1 N–H and O–H groups in total. The van der Waals surface area contributed by atoms with Gasteiger partial charge in [-0.15, -0.1) is 0 Å². The van der Waals surface area contributed by atoms with E-state index in [9.17, 15) is 9.59 Å². The highest BCUT2D eigenvalue weighted by molar-refractivity contribution is 6.22. The zero-order valence-corrected chi connectivity index (χ0v) is 12.1. The van der Waals surface area contributed by atoms with Crippen molar-refractivity contribution < 1.29 is 9.59 Å². The fourth-order valence-electron chi connectivity index (χ4n) is 3.23. The van der Waals surface area contributed by atoms with E-state index in [1.165, 1.54) is 0 Å². The molecular weight excluding hydrogens is 276 g/mol. The standard InChI is InChI=1S/C18H14N2O2/c1-20-13-9-5-8-12-15(13)16(14(21)10-19-18(12)22)17(20)11-6-3-2-4-7-11/h2-9H,10H2,1H3,(H,19,22). The first-order chi connectivity index (χ1) is 10.7. The first-order valence-electron chi connectivity index (χ1n) is 7.16. The van der Waals surface area contributed by atoms with Crippen molar-refractivity contribution in [2.24, 2.45) is 7.05 Å². The Bertz CT molecular complexity index is 923. The van der Waals surface area contributed by atoms with Crippen molar-refractivity contribution in [3.63, 3.8) is 0 Å². The second kappa shape index (κ2) is 4.56. The number of hydrogen-bond acceptors (Lipinski definition) is 2. The highest BCUT2D eigenvalue weighted by Crippen LogP contribution is 2.36. The molecular formula is C18H14N2O2. The van der Waals surface area contributed by atoms with E-state index in [0.717, 1.165) is 22.2 Å². The van der Waals surface area contributed by atoms with Crippen molar-refractivity contribution in [2.75, 3.05) is 6.54 Å². The van der Waals surface area contributed by atoms with Gasteiger partial charge in [0.05, 0.1) is 17.8 Å². The molecule has 0 atom stereocenters. The van der Waals surface area contributed by atoms with Gasteiger partial charge in [-0.05, 0) is 17.7 Å². The van der Waals surface area contributed by atoms with Crippen molar-refractivity contribution >= 4 is 22.6 Å². The topological polar surface area (TPSA) is 51.1 Å². The molecule has 0 aliphatic carbocycles. The number of hydrogen-bond donors (Lipinski definition) is 1. The van der Waals surface area contributed by atoms with Crippen molar-refractivity contribution in [3.8, 4) is 11.3 Å². The fraction of sp³-hybridized carbons (Fsp3) is 0.111. The highest BCUT2D eigenvalue weighted by atomic mass is 16.2. The van der Waals surface area contributed by atoms with Gasteiger partial charge in [-0.3, -0.25) is 9.59 Å². The maximum Gasteiger partial charge on any atom is 0.252 e. The average molecular weight is 290 g/mol. The van der Waals surface area contributed by atoms with E-state index in [0.29, 0.717) is 11.1 Å². The molecule has 4 heteroatoms. The molecule has 0 saturated heterocycles. The number of Topliss-reactive ketones (excluding diaryl/α,β-unsaturated/α-hetero) is 1. The molecule has 3 aromatic rings. The van der Waals surface area contributed by atoms with Crippen LogP contribution in [0.25, 0.3) is 22.2 Å². The molecule has 1 aromatic heterocycles. The largest absolute Gasteiger partial charge is 0.345 e. The SMILES string of the molecule is Cn1c(-c2ccccc2)c2c3c(cccc31)C(=O)NCC2=O. The van der Waals surface area contributed by atoms with E-state index in [4.69, 9.17) is 0 Å². The number of benzene rings is 2. The molecule has 0 saturated carbocycles. The van der Waals surface area contributed by atoms with Crippen molar-refractivity contribution in [1.82, 2.24) is 9.88 Å². The van der Waals surface area contributed by atoms with Gasteiger partial charge in [0.15, 0.2) is 5.78 Å². The minimum atomic E-state index is -0.192. The van der Waals surface area contributed by atoms with E-state index >= 15 is 0 Å². The van der Waals surface area contributed by atoms with Crippen LogP contribution < -0.4 is 5.32 Å². The molecule has 0 radical (unpaired) electrons. The van der Waals surface area contributed by atoms with Crippen LogP contribution in [0.1, 0.15) is 20.7 Å². The van der Waals surface area contributed by atoms with E-state index in [2.05, 4.69) is 5.32 Å². The molecule has 1 aliphatic heterocycles. The lowest BCUT2D eigenvalue weighted by atomic mass is 10.00. The summed E-state index contributed by atoms with van der Waals surface area (Å²) in [5.41, 5.74) is 3.94. The quantitative estimate of drug-likeness (QED) is 0.749. The summed E-state index contributed by atoms with van der Waals surface area (Å²) in [6.07, 6.45) is 0. The number of aromatic nitrogens is 1. The van der Waals surface area contributed by atoms with E-state index in [1.54, 1.807) is 6.07 Å². The Morgan fingerprint density at radius 2 is 1.77 bits per heavy atom. The molecule has 0 spiro atoms. The zero-order chi connectivity index (χ0) is 15.3. The number of nitrogens with zero attached hydrogens (tertiary/aromatic N) is 1. The van der Waals surface area contributed by atoms with Crippen LogP contribution in [0.3, 0.4) is 0 Å².